The van der Waals surface area contributed by atoms with Gasteiger partial charge in [-0.2, -0.15) is 0 Å². The molecule has 2 unspecified atom stereocenters. The van der Waals surface area contributed by atoms with Gasteiger partial charge in [0.1, 0.15) is 6.10 Å². The largest absolute Gasteiger partial charge is 0.482 e. The van der Waals surface area contributed by atoms with E-state index in [-0.39, 0.29) is 29.9 Å². The Balaban J connectivity index is 1.91. The smallest absolute Gasteiger partial charge is 0.311 e. The van der Waals surface area contributed by atoms with Crippen molar-refractivity contribution in [2.45, 2.75) is 25.9 Å². The van der Waals surface area contributed by atoms with Crippen LogP contribution in [0, 0.1) is 16.0 Å². The molecule has 1 aromatic rings. The first-order chi connectivity index (χ1) is 10.0. The topological polar surface area (TPSA) is 93.5 Å². The molecule has 0 radical (unpaired) electrons. The second-order valence-corrected chi connectivity index (χ2v) is 5.59. The zero-order chi connectivity index (χ0) is 15.0. The van der Waals surface area contributed by atoms with Gasteiger partial charge in [0, 0.05) is 24.4 Å². The van der Waals surface area contributed by atoms with E-state index in [0.717, 1.165) is 13.0 Å². The number of carbonyl (C=O) groups excluding carboxylic acids is 1. The molecule has 2 heterocycles. The van der Waals surface area contributed by atoms with Gasteiger partial charge in [-0.15, -0.1) is 0 Å². The van der Waals surface area contributed by atoms with Gasteiger partial charge in [-0.25, -0.2) is 0 Å². The summed E-state index contributed by atoms with van der Waals surface area (Å²) < 4.78 is 5.87. The summed E-state index contributed by atoms with van der Waals surface area (Å²) in [5.74, 6) is 0.402. The monoisotopic (exact) mass is 291 g/mol. The lowest BCUT2D eigenvalue weighted by molar-refractivity contribution is -0.386. The van der Waals surface area contributed by atoms with Crippen LogP contribution in [0.4, 0.5) is 11.4 Å². The number of amides is 1. The molecule has 112 valence electrons. The average Bonchev–Trinajstić information content (AvgIpc) is 2.79. The van der Waals surface area contributed by atoms with Crippen molar-refractivity contribution in [3.63, 3.8) is 0 Å². The van der Waals surface area contributed by atoms with Crippen LogP contribution in [0.3, 0.4) is 0 Å². The molecule has 0 spiro atoms. The van der Waals surface area contributed by atoms with Gasteiger partial charge in [0.05, 0.1) is 11.3 Å². The minimum absolute atomic E-state index is 0.0805. The fraction of sp³-hybridized carbons (Fsp3) is 0.500. The van der Waals surface area contributed by atoms with Crippen LogP contribution in [0.25, 0.3) is 0 Å². The molecule has 0 saturated carbocycles. The van der Waals surface area contributed by atoms with Crippen molar-refractivity contribution in [3.8, 4) is 5.75 Å². The molecule has 1 fully saturated rings. The van der Waals surface area contributed by atoms with Crippen molar-refractivity contribution in [3.05, 3.63) is 27.8 Å². The minimum Gasteiger partial charge on any atom is -0.482 e. The Morgan fingerprint density at radius 2 is 2.24 bits per heavy atom. The number of nitro groups is 1. The van der Waals surface area contributed by atoms with Gasteiger partial charge < -0.3 is 15.4 Å². The van der Waals surface area contributed by atoms with Crippen molar-refractivity contribution >= 4 is 17.3 Å². The van der Waals surface area contributed by atoms with Crippen molar-refractivity contribution < 1.29 is 14.5 Å². The molecule has 3 rings (SSSR count). The fourth-order valence-electron chi connectivity index (χ4n) is 2.76. The molecule has 0 aromatic heterocycles. The standard InChI is InChI=1S/C14H17N3O4/c1-8-2-3-15-7-13(8)21-12-6-10-9(5-14(18)16-10)4-11(12)17(19)20/h4,6,8,13,15H,2-3,5,7H2,1H3,(H,16,18). The van der Waals surface area contributed by atoms with Crippen molar-refractivity contribution in [1.82, 2.24) is 5.32 Å². The van der Waals surface area contributed by atoms with Crippen molar-refractivity contribution in [2.24, 2.45) is 5.92 Å². The number of anilines is 1. The number of benzene rings is 1. The summed E-state index contributed by atoms with van der Waals surface area (Å²) in [5, 5.41) is 17.2. The lowest BCUT2D eigenvalue weighted by Crippen LogP contribution is -2.42. The third-order valence-corrected chi connectivity index (χ3v) is 4.04. The number of piperidine rings is 1. The summed E-state index contributed by atoms with van der Waals surface area (Å²) in [4.78, 5) is 22.2. The van der Waals surface area contributed by atoms with Crippen molar-refractivity contribution in [2.75, 3.05) is 18.4 Å². The summed E-state index contributed by atoms with van der Waals surface area (Å²) >= 11 is 0. The Hall–Kier alpha value is -2.15. The van der Waals surface area contributed by atoms with Crippen LogP contribution in [0.15, 0.2) is 12.1 Å². The predicted molar refractivity (Wildman–Crippen MR) is 76.5 cm³/mol. The maximum absolute atomic E-state index is 11.4. The fourth-order valence-corrected chi connectivity index (χ4v) is 2.76. The molecule has 2 atom stereocenters. The summed E-state index contributed by atoms with van der Waals surface area (Å²) in [6, 6.07) is 3.00. The van der Waals surface area contributed by atoms with E-state index >= 15 is 0 Å². The van der Waals surface area contributed by atoms with Crippen molar-refractivity contribution in [1.29, 1.82) is 0 Å². The third-order valence-electron chi connectivity index (χ3n) is 4.04. The average molecular weight is 291 g/mol. The Labute approximate surface area is 121 Å². The third kappa shape index (κ3) is 2.69. The highest BCUT2D eigenvalue weighted by atomic mass is 16.6. The van der Waals surface area contributed by atoms with E-state index in [1.54, 1.807) is 6.07 Å². The Kier molecular flexibility index (Phi) is 3.50. The van der Waals surface area contributed by atoms with Crippen LogP contribution >= 0.6 is 0 Å². The quantitative estimate of drug-likeness (QED) is 0.649. The lowest BCUT2D eigenvalue weighted by atomic mass is 9.97. The van der Waals surface area contributed by atoms with Crippen LogP contribution in [0.2, 0.25) is 0 Å². The number of carbonyl (C=O) groups is 1. The Morgan fingerprint density at radius 3 is 2.95 bits per heavy atom. The first kappa shape index (κ1) is 13.8. The minimum atomic E-state index is -0.459. The highest BCUT2D eigenvalue weighted by Crippen LogP contribution is 2.37. The van der Waals surface area contributed by atoms with Gasteiger partial charge in [0.15, 0.2) is 5.75 Å². The second kappa shape index (κ2) is 5.33. The number of rotatable bonds is 3. The number of fused-ring (bicyclic) bond motifs is 1. The Bertz CT molecular complexity index is 602. The molecular formula is C14H17N3O4. The molecule has 7 heteroatoms. The molecule has 0 bridgehead atoms. The van der Waals surface area contributed by atoms with Gasteiger partial charge in [0.25, 0.3) is 0 Å². The first-order valence-electron chi connectivity index (χ1n) is 7.03. The van der Waals surface area contributed by atoms with Gasteiger partial charge in [0.2, 0.25) is 5.91 Å². The van der Waals surface area contributed by atoms with Gasteiger partial charge >= 0.3 is 5.69 Å². The SMILES string of the molecule is CC1CCNCC1Oc1cc2c(cc1[N+](=O)[O-])CC(=O)N2. The van der Waals surface area contributed by atoms with E-state index in [9.17, 15) is 14.9 Å². The zero-order valence-corrected chi connectivity index (χ0v) is 11.7. The molecule has 2 N–H and O–H groups in total. The summed E-state index contributed by atoms with van der Waals surface area (Å²) in [6.45, 7) is 3.68. The number of nitro benzene ring substituents is 1. The summed E-state index contributed by atoms with van der Waals surface area (Å²) in [5.41, 5.74) is 1.17. The summed E-state index contributed by atoms with van der Waals surface area (Å²) in [6.07, 6.45) is 1.05. The summed E-state index contributed by atoms with van der Waals surface area (Å²) in [7, 11) is 0. The molecule has 1 aromatic carbocycles. The van der Waals surface area contributed by atoms with E-state index in [0.29, 0.717) is 23.7 Å². The van der Waals surface area contributed by atoms with Crippen LogP contribution in [0.1, 0.15) is 18.9 Å². The highest BCUT2D eigenvalue weighted by Gasteiger charge is 2.29. The Morgan fingerprint density at radius 1 is 1.43 bits per heavy atom. The maximum atomic E-state index is 11.4. The number of nitrogens with one attached hydrogen (secondary N) is 2. The van der Waals surface area contributed by atoms with Crippen LogP contribution in [-0.4, -0.2) is 30.0 Å². The molecule has 2 aliphatic heterocycles. The normalized spacial score (nSPS) is 24.3. The lowest BCUT2D eigenvalue weighted by Gasteiger charge is -2.29. The molecule has 0 aliphatic carbocycles. The number of hydrogen-bond donors (Lipinski definition) is 2. The van der Waals surface area contributed by atoms with E-state index in [1.807, 2.05) is 0 Å². The van der Waals surface area contributed by atoms with Crippen LogP contribution in [-0.2, 0) is 11.2 Å². The number of nitrogens with zero attached hydrogens (tertiary/aromatic N) is 1. The van der Waals surface area contributed by atoms with E-state index < -0.39 is 4.92 Å². The molecule has 21 heavy (non-hydrogen) atoms. The zero-order valence-electron chi connectivity index (χ0n) is 11.7. The van der Waals surface area contributed by atoms with E-state index in [1.165, 1.54) is 6.07 Å². The molecule has 2 aliphatic rings. The van der Waals surface area contributed by atoms with Crippen LogP contribution < -0.4 is 15.4 Å². The second-order valence-electron chi connectivity index (χ2n) is 5.59. The number of hydrogen-bond acceptors (Lipinski definition) is 5. The van der Waals surface area contributed by atoms with Crippen LogP contribution in [0.5, 0.6) is 5.75 Å². The van der Waals surface area contributed by atoms with Gasteiger partial charge in [-0.1, -0.05) is 6.92 Å². The van der Waals surface area contributed by atoms with Gasteiger partial charge in [-0.05, 0) is 24.4 Å². The molecule has 1 saturated heterocycles. The van der Waals surface area contributed by atoms with E-state index in [2.05, 4.69) is 17.6 Å². The predicted octanol–water partition coefficient (Wildman–Crippen LogP) is 1.47. The van der Waals surface area contributed by atoms with Gasteiger partial charge in [-0.3, -0.25) is 14.9 Å². The molecular weight excluding hydrogens is 274 g/mol. The molecule has 1 amide bonds. The number of ether oxygens (including phenoxy) is 1. The first-order valence-corrected chi connectivity index (χ1v) is 7.03. The maximum Gasteiger partial charge on any atom is 0.311 e. The molecule has 7 nitrogen and oxygen atoms in total. The van der Waals surface area contributed by atoms with E-state index in [4.69, 9.17) is 4.74 Å². The highest BCUT2D eigenvalue weighted by molar-refractivity contribution is 5.99.